The number of nitrogens with one attached hydrogen (secondary N) is 1. The number of aromatic nitrogens is 3. The highest BCUT2D eigenvalue weighted by molar-refractivity contribution is 5.91. The molecule has 0 spiro atoms. The zero-order valence-corrected chi connectivity index (χ0v) is 18.3. The Bertz CT molecular complexity index is 1320. The van der Waals surface area contributed by atoms with E-state index in [-0.39, 0.29) is 17.9 Å². The molecule has 6 heteroatoms. The highest BCUT2D eigenvalue weighted by atomic mass is 16.1. The third-order valence-corrected chi connectivity index (χ3v) is 5.68. The smallest absolute Gasteiger partial charge is 0.255 e. The average Bonchev–Trinajstić information content (AvgIpc) is 3.12. The zero-order valence-electron chi connectivity index (χ0n) is 18.3. The van der Waals surface area contributed by atoms with E-state index in [0.717, 1.165) is 39.2 Å². The molecular weight excluding hydrogens is 388 g/mol. The summed E-state index contributed by atoms with van der Waals surface area (Å²) < 4.78 is 3.45. The van der Waals surface area contributed by atoms with Gasteiger partial charge in [-0.25, -0.2) is 4.68 Å². The van der Waals surface area contributed by atoms with Crippen molar-refractivity contribution in [3.8, 4) is 5.69 Å². The van der Waals surface area contributed by atoms with Crippen molar-refractivity contribution in [3.63, 3.8) is 0 Å². The number of fused-ring (bicyclic) bond motifs is 1. The molecule has 0 radical (unpaired) electrons. The number of para-hydroxylation sites is 1. The van der Waals surface area contributed by atoms with Crippen LogP contribution in [0.15, 0.2) is 59.4 Å². The van der Waals surface area contributed by atoms with Gasteiger partial charge in [-0.3, -0.25) is 14.2 Å². The molecule has 0 saturated carbocycles. The predicted molar refractivity (Wildman–Crippen MR) is 124 cm³/mol. The summed E-state index contributed by atoms with van der Waals surface area (Å²) in [6.45, 7) is 5.90. The van der Waals surface area contributed by atoms with Crippen LogP contribution >= 0.6 is 0 Å². The maximum Gasteiger partial charge on any atom is 0.255 e. The number of hydrogen-bond acceptors (Lipinski definition) is 3. The molecule has 2 aromatic carbocycles. The lowest BCUT2D eigenvalue weighted by molar-refractivity contribution is -0.116. The molecule has 0 atom stereocenters. The van der Waals surface area contributed by atoms with Gasteiger partial charge in [-0.2, -0.15) is 5.10 Å². The van der Waals surface area contributed by atoms with Crippen LogP contribution in [0.3, 0.4) is 0 Å². The number of aryl methyl sites for hydroxylation is 4. The maximum absolute atomic E-state index is 13.2. The van der Waals surface area contributed by atoms with E-state index in [1.807, 2.05) is 80.1 Å². The normalized spacial score (nSPS) is 11.1. The molecule has 4 rings (SSSR count). The minimum Gasteiger partial charge on any atom is -0.326 e. The van der Waals surface area contributed by atoms with Crippen LogP contribution in [0.5, 0.6) is 0 Å². The predicted octanol–water partition coefficient (Wildman–Crippen LogP) is 4.22. The number of hydrogen-bond donors (Lipinski definition) is 1. The molecule has 31 heavy (non-hydrogen) atoms. The first-order valence-corrected chi connectivity index (χ1v) is 10.4. The van der Waals surface area contributed by atoms with Crippen LogP contribution < -0.4 is 10.9 Å². The molecule has 0 unspecified atom stereocenters. The van der Waals surface area contributed by atoms with Crippen molar-refractivity contribution in [1.29, 1.82) is 0 Å². The summed E-state index contributed by atoms with van der Waals surface area (Å²) in [5.74, 6) is -0.109. The van der Waals surface area contributed by atoms with Gasteiger partial charge in [0, 0.05) is 30.1 Å². The van der Waals surface area contributed by atoms with Gasteiger partial charge in [0.05, 0.1) is 11.4 Å². The molecule has 0 aliphatic carbocycles. The van der Waals surface area contributed by atoms with Crippen LogP contribution in [0.2, 0.25) is 0 Å². The van der Waals surface area contributed by atoms with Gasteiger partial charge in [0.25, 0.3) is 5.56 Å². The molecule has 0 fully saturated rings. The minimum absolute atomic E-state index is 0.0924. The quantitative estimate of drug-likeness (QED) is 0.532. The van der Waals surface area contributed by atoms with E-state index >= 15 is 0 Å². The van der Waals surface area contributed by atoms with Crippen molar-refractivity contribution in [2.24, 2.45) is 7.05 Å². The first-order chi connectivity index (χ1) is 14.9. The third kappa shape index (κ3) is 3.89. The van der Waals surface area contributed by atoms with Crippen molar-refractivity contribution in [2.75, 3.05) is 5.32 Å². The van der Waals surface area contributed by atoms with E-state index in [1.165, 1.54) is 0 Å². The molecule has 2 aromatic heterocycles. The summed E-state index contributed by atoms with van der Waals surface area (Å²) in [6, 6.07) is 17.5. The fraction of sp³-hybridized carbons (Fsp3) is 0.240. The molecular formula is C25H26N4O2. The Morgan fingerprint density at radius 3 is 2.35 bits per heavy atom. The lowest BCUT2D eigenvalue weighted by Crippen LogP contribution is -2.25. The lowest BCUT2D eigenvalue weighted by Gasteiger charge is -2.13. The topological polar surface area (TPSA) is 68.9 Å². The number of carbonyl (C=O) groups excluding carboxylic acids is 1. The van der Waals surface area contributed by atoms with Gasteiger partial charge >= 0.3 is 0 Å². The summed E-state index contributed by atoms with van der Waals surface area (Å²) in [6.07, 6.45) is 0.615. The molecule has 158 valence electrons. The number of pyridine rings is 1. The number of amides is 1. The summed E-state index contributed by atoms with van der Waals surface area (Å²) in [4.78, 5) is 25.7. The Morgan fingerprint density at radius 2 is 1.68 bits per heavy atom. The Kier molecular flexibility index (Phi) is 5.46. The molecule has 0 saturated heterocycles. The first kappa shape index (κ1) is 20.6. The summed E-state index contributed by atoms with van der Waals surface area (Å²) >= 11 is 0. The van der Waals surface area contributed by atoms with Gasteiger partial charge in [0.15, 0.2) is 0 Å². The Morgan fingerprint density at radius 1 is 1.00 bits per heavy atom. The highest BCUT2D eigenvalue weighted by Gasteiger charge is 2.20. The van der Waals surface area contributed by atoms with E-state index in [1.54, 1.807) is 11.6 Å². The SMILES string of the molecule is Cc1ccc(NC(=O)CCc2c(C)c3c(C)nn(-c4ccccc4)c3n(C)c2=O)cc1. The lowest BCUT2D eigenvalue weighted by atomic mass is 10.0. The number of anilines is 1. The number of nitrogens with zero attached hydrogens (tertiary/aromatic N) is 3. The molecule has 2 heterocycles. The largest absolute Gasteiger partial charge is 0.326 e. The van der Waals surface area contributed by atoms with Gasteiger partial charge < -0.3 is 5.32 Å². The Labute approximate surface area is 181 Å². The average molecular weight is 415 g/mol. The standard InChI is InChI=1S/C25H26N4O2/c1-16-10-12-19(13-11-16)26-22(30)15-14-21-17(2)23-18(3)27-29(20-8-6-5-7-9-20)24(23)28(4)25(21)31/h5-13H,14-15H2,1-4H3,(H,26,30). The summed E-state index contributed by atoms with van der Waals surface area (Å²) in [5.41, 5.74) is 5.87. The second-order valence-corrected chi connectivity index (χ2v) is 7.91. The second-order valence-electron chi connectivity index (χ2n) is 7.91. The van der Waals surface area contributed by atoms with E-state index in [2.05, 4.69) is 5.32 Å². The molecule has 1 N–H and O–H groups in total. The molecule has 0 aliphatic heterocycles. The van der Waals surface area contributed by atoms with Gasteiger partial charge in [0.1, 0.15) is 5.65 Å². The molecule has 4 aromatic rings. The monoisotopic (exact) mass is 414 g/mol. The van der Waals surface area contributed by atoms with Crippen molar-refractivity contribution in [2.45, 2.75) is 33.6 Å². The van der Waals surface area contributed by atoms with Crippen molar-refractivity contribution < 1.29 is 4.79 Å². The fourth-order valence-corrected chi connectivity index (χ4v) is 4.02. The fourth-order valence-electron chi connectivity index (χ4n) is 4.02. The van der Waals surface area contributed by atoms with Gasteiger partial charge in [-0.1, -0.05) is 35.9 Å². The zero-order chi connectivity index (χ0) is 22.1. The number of rotatable bonds is 5. The van der Waals surface area contributed by atoms with Crippen LogP contribution in [0.25, 0.3) is 16.7 Å². The van der Waals surface area contributed by atoms with Gasteiger partial charge in [-0.15, -0.1) is 0 Å². The van der Waals surface area contributed by atoms with Gasteiger partial charge in [0.2, 0.25) is 5.91 Å². The van der Waals surface area contributed by atoms with Crippen LogP contribution in [0, 0.1) is 20.8 Å². The van der Waals surface area contributed by atoms with Crippen molar-refractivity contribution in [3.05, 3.63) is 87.3 Å². The third-order valence-electron chi connectivity index (χ3n) is 5.68. The van der Waals surface area contributed by atoms with Crippen LogP contribution in [-0.4, -0.2) is 20.3 Å². The van der Waals surface area contributed by atoms with Crippen LogP contribution in [-0.2, 0) is 18.3 Å². The maximum atomic E-state index is 13.2. The van der Waals surface area contributed by atoms with E-state index in [4.69, 9.17) is 5.10 Å². The summed E-state index contributed by atoms with van der Waals surface area (Å²) in [5, 5.41) is 8.56. The van der Waals surface area contributed by atoms with E-state index in [0.29, 0.717) is 12.0 Å². The number of benzene rings is 2. The Hall–Kier alpha value is -3.67. The molecule has 0 bridgehead atoms. The van der Waals surface area contributed by atoms with Crippen molar-refractivity contribution >= 4 is 22.6 Å². The Balaban J connectivity index is 1.66. The van der Waals surface area contributed by atoms with E-state index in [9.17, 15) is 9.59 Å². The second kappa shape index (κ2) is 8.22. The van der Waals surface area contributed by atoms with Gasteiger partial charge in [-0.05, 0) is 57.0 Å². The molecule has 1 amide bonds. The van der Waals surface area contributed by atoms with Crippen LogP contribution in [0.4, 0.5) is 5.69 Å². The summed E-state index contributed by atoms with van der Waals surface area (Å²) in [7, 11) is 1.76. The minimum atomic E-state index is -0.109. The van der Waals surface area contributed by atoms with E-state index < -0.39 is 0 Å². The van der Waals surface area contributed by atoms with Crippen LogP contribution in [0.1, 0.15) is 28.8 Å². The molecule has 6 nitrogen and oxygen atoms in total. The highest BCUT2D eigenvalue weighted by Crippen LogP contribution is 2.25. The number of carbonyl (C=O) groups is 1. The van der Waals surface area contributed by atoms with Crippen molar-refractivity contribution in [1.82, 2.24) is 14.3 Å². The molecule has 0 aliphatic rings. The first-order valence-electron chi connectivity index (χ1n) is 10.4.